The summed E-state index contributed by atoms with van der Waals surface area (Å²) in [4.78, 5) is 0. The SMILES string of the molecule is C[Si]C.Cc1cc2c(-c3ccsc3)cccc2[cH-]1.Cc1cc2c(-c3ccsc3)cccc2[cH-]1.[Cl][Zr+2][Cl]. The fourth-order valence-electron chi connectivity index (χ4n) is 4.11. The van der Waals surface area contributed by atoms with Gasteiger partial charge in [-0.05, 0) is 44.8 Å². The van der Waals surface area contributed by atoms with E-state index in [1.54, 1.807) is 22.7 Å². The molecule has 6 aromatic rings. The number of fused-ring (bicyclic) bond motifs is 2. The van der Waals surface area contributed by atoms with E-state index in [0.717, 1.165) is 9.52 Å². The van der Waals surface area contributed by atoms with Crippen molar-refractivity contribution in [2.75, 3.05) is 0 Å². The minimum absolute atomic E-state index is 0.826. The van der Waals surface area contributed by atoms with E-state index in [1.807, 2.05) is 0 Å². The summed E-state index contributed by atoms with van der Waals surface area (Å²) in [5.74, 6) is 0. The summed E-state index contributed by atoms with van der Waals surface area (Å²) in [5, 5.41) is 14.1. The Morgan fingerprint density at radius 1 is 0.694 bits per heavy atom. The third-order valence-corrected chi connectivity index (χ3v) is 6.82. The van der Waals surface area contributed by atoms with E-state index in [-0.39, 0.29) is 0 Å². The van der Waals surface area contributed by atoms with Crippen LogP contribution in [0.5, 0.6) is 0 Å². The number of halogens is 2. The van der Waals surface area contributed by atoms with E-state index < -0.39 is 20.8 Å². The second-order valence-electron chi connectivity index (χ2n) is 8.28. The normalized spacial score (nSPS) is 9.94. The molecule has 0 aliphatic heterocycles. The fraction of sp³-hybridized carbons (Fsp3) is 0.133. The molecule has 2 aromatic heterocycles. The Morgan fingerprint density at radius 2 is 1.08 bits per heavy atom. The van der Waals surface area contributed by atoms with Gasteiger partial charge in [0.05, 0.1) is 0 Å². The molecule has 0 saturated carbocycles. The molecule has 0 aliphatic rings. The van der Waals surface area contributed by atoms with Gasteiger partial charge >= 0.3 is 37.9 Å². The van der Waals surface area contributed by atoms with Gasteiger partial charge in [-0.15, -0.1) is 69.1 Å². The van der Waals surface area contributed by atoms with Crippen LogP contribution in [0.1, 0.15) is 11.1 Å². The van der Waals surface area contributed by atoms with E-state index in [2.05, 4.69) is 121 Å². The standard InChI is InChI=1S/2C14H11S.C2H6Si.2ClH.Zr/c2*1-10-7-11-3-2-4-13(14(11)8-10)12-5-6-15-9-12;1-3-2;;;/h2*2-9H,1H3;1-2H3;2*1H;/q2*-1;;;;+4/p-2. The van der Waals surface area contributed by atoms with Gasteiger partial charge in [0.1, 0.15) is 0 Å². The molecule has 0 aliphatic carbocycles. The Labute approximate surface area is 244 Å². The summed E-state index contributed by atoms with van der Waals surface area (Å²) in [7, 11) is 11.0. The topological polar surface area (TPSA) is 0 Å². The Bertz CT molecular complexity index is 1340. The van der Waals surface area contributed by atoms with Crippen molar-refractivity contribution in [1.82, 2.24) is 0 Å². The minimum atomic E-state index is -0.826. The molecule has 0 amide bonds. The first-order chi connectivity index (χ1) is 17.5. The Balaban J connectivity index is 0.000000165. The molecule has 2 heterocycles. The van der Waals surface area contributed by atoms with Gasteiger partial charge in [-0.3, -0.25) is 0 Å². The van der Waals surface area contributed by atoms with Crippen molar-refractivity contribution >= 4 is 70.8 Å². The van der Waals surface area contributed by atoms with Crippen LogP contribution in [-0.4, -0.2) is 9.52 Å². The number of benzene rings is 2. The molecule has 0 atom stereocenters. The van der Waals surface area contributed by atoms with Crippen LogP contribution in [-0.2, 0) is 20.8 Å². The van der Waals surface area contributed by atoms with Crippen LogP contribution in [0.3, 0.4) is 0 Å². The Morgan fingerprint density at radius 3 is 1.42 bits per heavy atom. The molecule has 6 heteroatoms. The zero-order chi connectivity index (χ0) is 25.9. The van der Waals surface area contributed by atoms with Crippen LogP contribution in [0.4, 0.5) is 0 Å². The second kappa shape index (κ2) is 15.2. The summed E-state index contributed by atoms with van der Waals surface area (Å²) in [6.45, 7) is 8.61. The summed E-state index contributed by atoms with van der Waals surface area (Å²) in [6.07, 6.45) is 0. The summed E-state index contributed by atoms with van der Waals surface area (Å²) >= 11 is 2.67. The van der Waals surface area contributed by atoms with E-state index in [1.165, 1.54) is 54.9 Å². The molecule has 182 valence electrons. The van der Waals surface area contributed by atoms with Crippen molar-refractivity contribution in [2.24, 2.45) is 0 Å². The van der Waals surface area contributed by atoms with E-state index >= 15 is 0 Å². The summed E-state index contributed by atoms with van der Waals surface area (Å²) < 4.78 is 0. The van der Waals surface area contributed by atoms with Gasteiger partial charge < -0.3 is 0 Å². The first kappa shape index (κ1) is 29.3. The molecular formula is C30H28Cl2S2SiZr. The fourth-order valence-corrected chi connectivity index (χ4v) is 5.42. The van der Waals surface area contributed by atoms with Crippen LogP contribution in [0.25, 0.3) is 43.8 Å². The van der Waals surface area contributed by atoms with Gasteiger partial charge in [0.2, 0.25) is 0 Å². The molecule has 36 heavy (non-hydrogen) atoms. The van der Waals surface area contributed by atoms with Gasteiger partial charge in [-0.2, -0.15) is 34.8 Å². The predicted octanol–water partition coefficient (Wildman–Crippen LogP) is 11.4. The van der Waals surface area contributed by atoms with Crippen LogP contribution in [0.2, 0.25) is 13.1 Å². The number of rotatable bonds is 2. The van der Waals surface area contributed by atoms with E-state index in [4.69, 9.17) is 17.0 Å². The predicted molar refractivity (Wildman–Crippen MR) is 164 cm³/mol. The van der Waals surface area contributed by atoms with Gasteiger partial charge in [0, 0.05) is 9.52 Å². The maximum atomic E-state index is 4.93. The molecule has 0 N–H and O–H groups in total. The number of thiophene rings is 2. The van der Waals surface area contributed by atoms with Crippen LogP contribution < -0.4 is 0 Å². The molecule has 4 aromatic carbocycles. The zero-order valence-electron chi connectivity index (χ0n) is 20.8. The van der Waals surface area contributed by atoms with Crippen molar-refractivity contribution in [3.63, 3.8) is 0 Å². The third-order valence-electron chi connectivity index (χ3n) is 5.45. The average Bonchev–Trinajstić information content (AvgIpc) is 3.66. The molecule has 0 nitrogen and oxygen atoms in total. The van der Waals surface area contributed by atoms with Crippen molar-refractivity contribution < 1.29 is 20.8 Å². The van der Waals surface area contributed by atoms with Crippen LogP contribution in [0.15, 0.2) is 94.3 Å². The second-order valence-corrected chi connectivity index (χ2v) is 14.6. The first-order valence-corrected chi connectivity index (χ1v) is 21.7. The summed E-state index contributed by atoms with van der Waals surface area (Å²) in [6, 6.07) is 26.4. The van der Waals surface area contributed by atoms with Crippen LogP contribution >= 0.6 is 39.7 Å². The molecule has 0 unspecified atom stereocenters. The van der Waals surface area contributed by atoms with Gasteiger partial charge in [0.25, 0.3) is 0 Å². The molecule has 0 fully saturated rings. The van der Waals surface area contributed by atoms with Gasteiger partial charge in [-0.25, -0.2) is 0 Å². The van der Waals surface area contributed by atoms with Gasteiger partial charge in [0.15, 0.2) is 0 Å². The number of hydrogen-bond donors (Lipinski definition) is 0. The van der Waals surface area contributed by atoms with Crippen molar-refractivity contribution in [3.05, 3.63) is 105 Å². The third kappa shape index (κ3) is 7.87. The molecule has 0 saturated heterocycles. The van der Waals surface area contributed by atoms with Crippen molar-refractivity contribution in [3.8, 4) is 22.3 Å². The Kier molecular flexibility index (Phi) is 12.4. The number of aryl methyl sites for hydroxylation is 2. The Hall–Kier alpha value is -1.26. The van der Waals surface area contributed by atoms with Gasteiger partial charge in [-0.1, -0.05) is 50.2 Å². The quantitative estimate of drug-likeness (QED) is 0.130. The van der Waals surface area contributed by atoms with Crippen LogP contribution in [0, 0.1) is 13.8 Å². The molecule has 2 radical (unpaired) electrons. The molecule has 6 rings (SSSR count). The molecule has 0 spiro atoms. The zero-order valence-corrected chi connectivity index (χ0v) is 27.4. The first-order valence-electron chi connectivity index (χ1n) is 11.4. The van der Waals surface area contributed by atoms with Crippen molar-refractivity contribution in [2.45, 2.75) is 26.9 Å². The van der Waals surface area contributed by atoms with E-state index in [9.17, 15) is 0 Å². The summed E-state index contributed by atoms with van der Waals surface area (Å²) in [5.41, 5.74) is 8.04. The van der Waals surface area contributed by atoms with E-state index in [0.29, 0.717) is 0 Å². The maximum absolute atomic E-state index is 4.93. The average molecular weight is 643 g/mol. The number of hydrogen-bond acceptors (Lipinski definition) is 2. The van der Waals surface area contributed by atoms with Crippen molar-refractivity contribution in [1.29, 1.82) is 0 Å². The monoisotopic (exact) mass is 640 g/mol. The molecular weight excluding hydrogens is 615 g/mol. The molecule has 0 bridgehead atoms.